The maximum atomic E-state index is 10.6. The van der Waals surface area contributed by atoms with E-state index >= 15 is 0 Å². The van der Waals surface area contributed by atoms with Crippen LogP contribution in [0.1, 0.15) is 25.7 Å². The smallest absolute Gasteiger partial charge is 0.334 e. The molecule has 0 radical (unpaired) electrons. The van der Waals surface area contributed by atoms with Crippen LogP contribution in [0.5, 0.6) is 5.75 Å². The van der Waals surface area contributed by atoms with Crippen LogP contribution in [0.15, 0.2) is 40.9 Å². The average Bonchev–Trinajstić information content (AvgIpc) is 2.99. The molecule has 6 nitrogen and oxygen atoms in total. The summed E-state index contributed by atoms with van der Waals surface area (Å²) in [5.41, 5.74) is 0.818. The molecule has 0 spiro atoms. The van der Waals surface area contributed by atoms with Crippen molar-refractivity contribution in [2.45, 2.75) is 26.2 Å². The van der Waals surface area contributed by atoms with Crippen molar-refractivity contribution in [1.29, 1.82) is 0 Å². The Morgan fingerprint density at radius 3 is 2.73 bits per heavy atom. The third kappa shape index (κ3) is 4.18. The number of benzene rings is 1. The summed E-state index contributed by atoms with van der Waals surface area (Å²) in [6.07, 6.45) is 2.87. The molecule has 0 unspecified atom stereocenters. The van der Waals surface area contributed by atoms with Crippen molar-refractivity contribution in [1.82, 2.24) is 10.1 Å². The summed E-state index contributed by atoms with van der Waals surface area (Å²) in [5, 5.41) is 12.7. The van der Waals surface area contributed by atoms with E-state index in [9.17, 15) is 4.79 Å². The molecule has 1 aromatic heterocycles. The number of ether oxygens (including phenoxy) is 1. The van der Waals surface area contributed by atoms with Crippen LogP contribution in [-0.4, -0.2) is 27.8 Å². The van der Waals surface area contributed by atoms with E-state index in [4.69, 9.17) is 14.4 Å². The van der Waals surface area contributed by atoms with Crippen molar-refractivity contribution in [3.05, 3.63) is 42.3 Å². The minimum Gasteiger partial charge on any atom is -0.489 e. The Bertz CT molecular complexity index is 646. The zero-order chi connectivity index (χ0) is 15.9. The van der Waals surface area contributed by atoms with Gasteiger partial charge in [-0.3, -0.25) is 0 Å². The molecule has 1 heterocycles. The van der Waals surface area contributed by atoms with E-state index in [0.29, 0.717) is 17.5 Å². The average molecular weight is 302 g/mol. The second-order valence-corrected chi connectivity index (χ2v) is 4.84. The molecule has 2 aromatic rings. The van der Waals surface area contributed by atoms with Gasteiger partial charge in [0.2, 0.25) is 11.7 Å². The first kappa shape index (κ1) is 15.8. The van der Waals surface area contributed by atoms with Gasteiger partial charge >= 0.3 is 5.97 Å². The fourth-order valence-electron chi connectivity index (χ4n) is 1.73. The van der Waals surface area contributed by atoms with E-state index < -0.39 is 5.97 Å². The molecule has 0 aliphatic heterocycles. The Hall–Kier alpha value is -2.63. The summed E-state index contributed by atoms with van der Waals surface area (Å²) in [6, 6.07) is 7.06. The van der Waals surface area contributed by atoms with E-state index in [-0.39, 0.29) is 12.2 Å². The van der Waals surface area contributed by atoms with Crippen LogP contribution in [0.3, 0.4) is 0 Å². The van der Waals surface area contributed by atoms with Crippen LogP contribution >= 0.6 is 0 Å². The molecule has 0 saturated heterocycles. The molecule has 1 aromatic carbocycles. The zero-order valence-electron chi connectivity index (χ0n) is 12.4. The monoisotopic (exact) mass is 302 g/mol. The topological polar surface area (TPSA) is 85.5 Å². The van der Waals surface area contributed by atoms with Crippen LogP contribution in [0.2, 0.25) is 0 Å². The molecular formula is C16H18N2O4. The summed E-state index contributed by atoms with van der Waals surface area (Å²) >= 11 is 0. The van der Waals surface area contributed by atoms with Crippen LogP contribution in [-0.2, 0) is 11.2 Å². The first-order chi connectivity index (χ1) is 10.6. The first-order valence-corrected chi connectivity index (χ1v) is 7.07. The van der Waals surface area contributed by atoms with Crippen molar-refractivity contribution in [2.75, 3.05) is 6.61 Å². The number of nitrogens with zero attached hydrogens (tertiary/aromatic N) is 2. The third-order valence-corrected chi connectivity index (χ3v) is 3.04. The molecule has 0 amide bonds. The number of aromatic nitrogens is 2. The van der Waals surface area contributed by atoms with Crippen molar-refractivity contribution in [3.8, 4) is 17.1 Å². The standard InChI is InChI=1S/C16H18N2O4/c1-3-4-5-14-17-15(18-22-14)12-6-8-13(9-7-12)21-10-11(2)16(19)20/h6-9H,2-5,10H2,1H3,(H,19,20). The van der Waals surface area contributed by atoms with Gasteiger partial charge in [-0.2, -0.15) is 4.98 Å². The molecule has 0 aliphatic rings. The van der Waals surface area contributed by atoms with Crippen molar-refractivity contribution in [2.24, 2.45) is 0 Å². The fraction of sp³-hybridized carbons (Fsp3) is 0.312. The fourth-order valence-corrected chi connectivity index (χ4v) is 1.73. The molecule has 0 aliphatic carbocycles. The largest absolute Gasteiger partial charge is 0.489 e. The van der Waals surface area contributed by atoms with Crippen molar-refractivity contribution in [3.63, 3.8) is 0 Å². The minimum atomic E-state index is -1.07. The van der Waals surface area contributed by atoms with E-state index in [1.165, 1.54) is 0 Å². The molecule has 0 fully saturated rings. The number of unbranched alkanes of at least 4 members (excludes halogenated alkanes) is 1. The lowest BCUT2D eigenvalue weighted by molar-refractivity contribution is -0.133. The van der Waals surface area contributed by atoms with Crippen LogP contribution in [0.25, 0.3) is 11.4 Å². The Balaban J connectivity index is 1.98. The second-order valence-electron chi connectivity index (χ2n) is 4.84. The normalized spacial score (nSPS) is 10.4. The van der Waals surface area contributed by atoms with Gasteiger partial charge in [0.25, 0.3) is 0 Å². The summed E-state index contributed by atoms with van der Waals surface area (Å²) in [6.45, 7) is 5.45. The predicted octanol–water partition coefficient (Wildman–Crippen LogP) is 3.10. The Morgan fingerprint density at radius 1 is 1.36 bits per heavy atom. The quantitative estimate of drug-likeness (QED) is 0.754. The zero-order valence-corrected chi connectivity index (χ0v) is 12.4. The number of hydrogen-bond acceptors (Lipinski definition) is 5. The van der Waals surface area contributed by atoms with E-state index in [1.54, 1.807) is 24.3 Å². The molecule has 0 bridgehead atoms. The number of carboxylic acid groups (broad SMARTS) is 1. The lowest BCUT2D eigenvalue weighted by atomic mass is 10.2. The number of carbonyl (C=O) groups is 1. The van der Waals surface area contributed by atoms with Gasteiger partial charge in [-0.15, -0.1) is 0 Å². The van der Waals surface area contributed by atoms with E-state index in [2.05, 4.69) is 23.6 Å². The number of rotatable bonds is 8. The van der Waals surface area contributed by atoms with Crippen molar-refractivity contribution < 1.29 is 19.2 Å². The van der Waals surface area contributed by atoms with E-state index in [1.807, 2.05) is 0 Å². The molecule has 1 N–H and O–H groups in total. The highest BCUT2D eigenvalue weighted by molar-refractivity contribution is 5.86. The summed E-state index contributed by atoms with van der Waals surface area (Å²) in [4.78, 5) is 15.0. The Labute approximate surface area is 128 Å². The number of aliphatic carboxylic acids is 1. The molecule has 0 atom stereocenters. The molecular weight excluding hydrogens is 284 g/mol. The molecule has 116 valence electrons. The van der Waals surface area contributed by atoms with Gasteiger partial charge in [-0.1, -0.05) is 25.1 Å². The lowest BCUT2D eigenvalue weighted by Gasteiger charge is -2.05. The molecule has 6 heteroatoms. The lowest BCUT2D eigenvalue weighted by Crippen LogP contribution is -2.08. The van der Waals surface area contributed by atoms with Crippen LogP contribution < -0.4 is 4.74 Å². The maximum Gasteiger partial charge on any atom is 0.334 e. The van der Waals surface area contributed by atoms with Gasteiger partial charge in [0.15, 0.2) is 0 Å². The predicted molar refractivity (Wildman–Crippen MR) is 80.6 cm³/mol. The van der Waals surface area contributed by atoms with Gasteiger partial charge in [-0.05, 0) is 30.7 Å². The first-order valence-electron chi connectivity index (χ1n) is 7.07. The number of carboxylic acids is 1. The van der Waals surface area contributed by atoms with Gasteiger partial charge in [0.05, 0.1) is 5.57 Å². The number of hydrogen-bond donors (Lipinski definition) is 1. The van der Waals surface area contributed by atoms with Gasteiger partial charge in [0.1, 0.15) is 12.4 Å². The van der Waals surface area contributed by atoms with Crippen molar-refractivity contribution >= 4 is 5.97 Å². The van der Waals surface area contributed by atoms with E-state index in [0.717, 1.165) is 24.8 Å². The summed E-state index contributed by atoms with van der Waals surface area (Å²) in [7, 11) is 0. The molecule has 22 heavy (non-hydrogen) atoms. The van der Waals surface area contributed by atoms with Gasteiger partial charge in [-0.25, -0.2) is 4.79 Å². The highest BCUT2D eigenvalue weighted by Crippen LogP contribution is 2.20. The van der Waals surface area contributed by atoms with Crippen LogP contribution in [0.4, 0.5) is 0 Å². The maximum absolute atomic E-state index is 10.6. The SMILES string of the molecule is C=C(COc1ccc(-c2noc(CCCC)n2)cc1)C(=O)O. The number of aryl methyl sites for hydroxylation is 1. The summed E-state index contributed by atoms with van der Waals surface area (Å²) in [5.74, 6) is 0.659. The van der Waals surface area contributed by atoms with Gasteiger partial charge < -0.3 is 14.4 Å². The Morgan fingerprint density at radius 2 is 2.09 bits per heavy atom. The Kier molecular flexibility index (Phi) is 5.30. The minimum absolute atomic E-state index is 0.00260. The second kappa shape index (κ2) is 7.40. The highest BCUT2D eigenvalue weighted by atomic mass is 16.5. The van der Waals surface area contributed by atoms with Crippen LogP contribution in [0, 0.1) is 0 Å². The highest BCUT2D eigenvalue weighted by Gasteiger charge is 2.09. The molecule has 2 rings (SSSR count). The summed E-state index contributed by atoms with van der Waals surface area (Å²) < 4.78 is 10.5. The molecule has 0 saturated carbocycles. The van der Waals surface area contributed by atoms with Gasteiger partial charge in [0, 0.05) is 12.0 Å². The third-order valence-electron chi connectivity index (χ3n) is 3.04.